The van der Waals surface area contributed by atoms with Crippen molar-refractivity contribution in [2.24, 2.45) is 16.7 Å². The molecule has 1 fully saturated rings. The van der Waals surface area contributed by atoms with Crippen LogP contribution < -0.4 is 5.32 Å². The number of benzene rings is 2. The molecule has 4 unspecified atom stereocenters. The molecule has 2 aromatic rings. The summed E-state index contributed by atoms with van der Waals surface area (Å²) in [5, 5.41) is 14.3. The van der Waals surface area contributed by atoms with Crippen LogP contribution in [0.3, 0.4) is 0 Å². The van der Waals surface area contributed by atoms with E-state index >= 15 is 0 Å². The Morgan fingerprint density at radius 1 is 1.03 bits per heavy atom. The molecule has 6 heteroatoms. The number of carboxylic acid groups (broad SMARTS) is 1. The van der Waals surface area contributed by atoms with Gasteiger partial charge in [-0.1, -0.05) is 61.3 Å². The Kier molecular flexibility index (Phi) is 7.26. The van der Waals surface area contributed by atoms with Gasteiger partial charge in [-0.3, -0.25) is 9.59 Å². The van der Waals surface area contributed by atoms with E-state index in [4.69, 9.17) is 23.2 Å². The molecular formula is C26H31Cl2NO3. The van der Waals surface area contributed by atoms with Crippen LogP contribution in [0, 0.1) is 16.7 Å². The number of hydrogen-bond acceptors (Lipinski definition) is 2. The summed E-state index contributed by atoms with van der Waals surface area (Å²) in [6, 6.07) is 15.3. The van der Waals surface area contributed by atoms with Gasteiger partial charge in [0.25, 0.3) is 0 Å². The Hall–Kier alpha value is -2.04. The van der Waals surface area contributed by atoms with Crippen molar-refractivity contribution < 1.29 is 14.7 Å². The van der Waals surface area contributed by atoms with Gasteiger partial charge in [-0.15, -0.1) is 0 Å². The highest BCUT2D eigenvalue weighted by Crippen LogP contribution is 2.56. The fourth-order valence-electron chi connectivity index (χ4n) is 4.94. The first-order chi connectivity index (χ1) is 15.0. The van der Waals surface area contributed by atoms with E-state index in [9.17, 15) is 14.7 Å². The molecule has 3 rings (SSSR count). The van der Waals surface area contributed by atoms with E-state index in [0.717, 1.165) is 17.5 Å². The molecule has 1 amide bonds. The van der Waals surface area contributed by atoms with Crippen molar-refractivity contribution in [3.05, 3.63) is 69.7 Å². The maximum Gasteiger partial charge on any atom is 0.309 e. The van der Waals surface area contributed by atoms with Gasteiger partial charge in [-0.05, 0) is 73.9 Å². The average molecular weight is 476 g/mol. The van der Waals surface area contributed by atoms with Crippen LogP contribution in [-0.4, -0.2) is 23.0 Å². The van der Waals surface area contributed by atoms with Crippen LogP contribution in [0.2, 0.25) is 10.0 Å². The van der Waals surface area contributed by atoms with E-state index in [-0.39, 0.29) is 23.8 Å². The number of carbonyl (C=O) groups excluding carboxylic acids is 1. The van der Waals surface area contributed by atoms with Gasteiger partial charge in [0.1, 0.15) is 0 Å². The third-order valence-corrected chi connectivity index (χ3v) is 8.16. The minimum Gasteiger partial charge on any atom is -0.481 e. The highest BCUT2D eigenvalue weighted by atomic mass is 35.5. The van der Waals surface area contributed by atoms with Crippen molar-refractivity contribution in [1.82, 2.24) is 5.32 Å². The monoisotopic (exact) mass is 475 g/mol. The third-order valence-electron chi connectivity index (χ3n) is 7.66. The Morgan fingerprint density at radius 3 is 2.06 bits per heavy atom. The number of carbonyl (C=O) groups is 2. The summed E-state index contributed by atoms with van der Waals surface area (Å²) < 4.78 is 0. The van der Waals surface area contributed by atoms with E-state index in [1.54, 1.807) is 6.92 Å². The standard InChI is InChI=1S/C26H31Cl2NO3/c1-16(29-23(30)22-13-14-26(4,24(31)32)25(22,2)3)21(18-7-11-20(28)12-8-18)15-17-5-9-19(27)10-6-17/h5-12,16,21-22H,13-15H2,1-4H3,(H,29,30)(H,31,32). The fraction of sp³-hybridized carbons (Fsp3) is 0.462. The summed E-state index contributed by atoms with van der Waals surface area (Å²) in [5.41, 5.74) is 0.638. The Morgan fingerprint density at radius 2 is 1.56 bits per heavy atom. The van der Waals surface area contributed by atoms with Crippen LogP contribution in [0.25, 0.3) is 0 Å². The van der Waals surface area contributed by atoms with Crippen molar-refractivity contribution in [3.8, 4) is 0 Å². The topological polar surface area (TPSA) is 66.4 Å². The number of aliphatic carboxylic acids is 1. The molecule has 2 aromatic carbocycles. The van der Waals surface area contributed by atoms with Gasteiger partial charge in [0, 0.05) is 27.9 Å². The molecule has 0 heterocycles. The van der Waals surface area contributed by atoms with Crippen molar-refractivity contribution in [2.75, 3.05) is 0 Å². The molecule has 1 aliphatic carbocycles. The molecule has 1 aliphatic rings. The number of hydrogen-bond donors (Lipinski definition) is 2. The van der Waals surface area contributed by atoms with Gasteiger partial charge in [-0.25, -0.2) is 0 Å². The maximum absolute atomic E-state index is 13.3. The van der Waals surface area contributed by atoms with E-state index < -0.39 is 16.8 Å². The van der Waals surface area contributed by atoms with Crippen LogP contribution in [-0.2, 0) is 16.0 Å². The number of amides is 1. The summed E-state index contributed by atoms with van der Waals surface area (Å²) in [4.78, 5) is 25.3. The first-order valence-corrected chi connectivity index (χ1v) is 11.7. The minimum atomic E-state index is -0.920. The molecule has 0 saturated heterocycles. The second-order valence-corrected chi connectivity index (χ2v) is 10.6. The lowest BCUT2D eigenvalue weighted by Gasteiger charge is -2.38. The van der Waals surface area contributed by atoms with Crippen molar-refractivity contribution in [3.63, 3.8) is 0 Å². The van der Waals surface area contributed by atoms with Crippen molar-refractivity contribution >= 4 is 35.1 Å². The van der Waals surface area contributed by atoms with Gasteiger partial charge in [0.05, 0.1) is 5.41 Å². The summed E-state index contributed by atoms with van der Waals surface area (Å²) in [5.74, 6) is -1.25. The number of carboxylic acids is 1. The quantitative estimate of drug-likeness (QED) is 0.489. The van der Waals surface area contributed by atoms with E-state index in [1.807, 2.05) is 69.3 Å². The lowest BCUT2D eigenvalue weighted by Crippen LogP contribution is -2.48. The molecule has 172 valence electrons. The number of halogens is 2. The molecule has 4 nitrogen and oxygen atoms in total. The third kappa shape index (κ3) is 4.82. The Balaban J connectivity index is 1.82. The molecule has 32 heavy (non-hydrogen) atoms. The molecule has 1 saturated carbocycles. The van der Waals surface area contributed by atoms with Crippen LogP contribution in [0.15, 0.2) is 48.5 Å². The summed E-state index contributed by atoms with van der Waals surface area (Å²) in [6.07, 6.45) is 1.78. The van der Waals surface area contributed by atoms with E-state index in [2.05, 4.69) is 5.32 Å². The van der Waals surface area contributed by atoms with Gasteiger partial charge in [-0.2, -0.15) is 0 Å². The molecular weight excluding hydrogens is 445 g/mol. The minimum absolute atomic E-state index is 0.0211. The van der Waals surface area contributed by atoms with Crippen molar-refractivity contribution in [2.45, 2.75) is 58.9 Å². The zero-order valence-electron chi connectivity index (χ0n) is 19.0. The molecule has 2 N–H and O–H groups in total. The Labute approximate surface area is 200 Å². The Bertz CT molecular complexity index is 972. The first-order valence-electron chi connectivity index (χ1n) is 11.0. The molecule has 4 atom stereocenters. The zero-order valence-corrected chi connectivity index (χ0v) is 20.5. The van der Waals surface area contributed by atoms with Gasteiger partial charge in [0.2, 0.25) is 5.91 Å². The predicted molar refractivity (Wildman–Crippen MR) is 129 cm³/mol. The van der Waals surface area contributed by atoms with Gasteiger partial charge < -0.3 is 10.4 Å². The molecule has 0 aromatic heterocycles. The highest BCUT2D eigenvalue weighted by Gasteiger charge is 2.58. The fourth-order valence-corrected chi connectivity index (χ4v) is 5.19. The molecule has 0 bridgehead atoms. The number of rotatable bonds is 7. The number of nitrogens with one attached hydrogen (secondary N) is 1. The lowest BCUT2D eigenvalue weighted by atomic mass is 9.65. The van der Waals surface area contributed by atoms with Crippen LogP contribution in [0.4, 0.5) is 0 Å². The molecule has 0 radical (unpaired) electrons. The first kappa shape index (κ1) is 24.6. The zero-order chi connectivity index (χ0) is 23.7. The molecule has 0 spiro atoms. The van der Waals surface area contributed by atoms with E-state index in [0.29, 0.717) is 22.9 Å². The largest absolute Gasteiger partial charge is 0.481 e. The smallest absolute Gasteiger partial charge is 0.309 e. The van der Waals surface area contributed by atoms with E-state index in [1.165, 1.54) is 0 Å². The lowest BCUT2D eigenvalue weighted by molar-refractivity contribution is -0.155. The summed E-state index contributed by atoms with van der Waals surface area (Å²) in [6.45, 7) is 7.55. The van der Waals surface area contributed by atoms with Crippen LogP contribution in [0.1, 0.15) is 57.6 Å². The predicted octanol–water partition coefficient (Wildman–Crippen LogP) is 6.35. The van der Waals surface area contributed by atoms with Crippen LogP contribution >= 0.6 is 23.2 Å². The summed E-state index contributed by atoms with van der Waals surface area (Å²) >= 11 is 12.1. The highest BCUT2D eigenvalue weighted by molar-refractivity contribution is 6.30. The second-order valence-electron chi connectivity index (χ2n) is 9.74. The molecule has 0 aliphatic heterocycles. The second kappa shape index (κ2) is 9.44. The summed E-state index contributed by atoms with van der Waals surface area (Å²) in [7, 11) is 0. The van der Waals surface area contributed by atoms with Crippen molar-refractivity contribution in [1.29, 1.82) is 0 Å². The SMILES string of the molecule is CC(NC(=O)C1CCC(C)(C(=O)O)C1(C)C)C(Cc1ccc(Cl)cc1)c1ccc(Cl)cc1. The normalized spacial score (nSPS) is 24.0. The maximum atomic E-state index is 13.3. The van der Waals surface area contributed by atoms with Gasteiger partial charge in [0.15, 0.2) is 0 Å². The van der Waals surface area contributed by atoms with Crippen LogP contribution in [0.5, 0.6) is 0 Å². The van der Waals surface area contributed by atoms with Gasteiger partial charge >= 0.3 is 5.97 Å². The average Bonchev–Trinajstić information content (AvgIpc) is 2.98.